The van der Waals surface area contributed by atoms with Crippen molar-refractivity contribution in [2.45, 2.75) is 6.92 Å². The quantitative estimate of drug-likeness (QED) is 0.775. The van der Waals surface area contributed by atoms with Gasteiger partial charge in [-0.15, -0.1) is 0 Å². The van der Waals surface area contributed by atoms with Crippen LogP contribution in [0.25, 0.3) is 0 Å². The van der Waals surface area contributed by atoms with Crippen LogP contribution in [-0.4, -0.2) is 37.0 Å². The van der Waals surface area contributed by atoms with Crippen LogP contribution in [0.15, 0.2) is 22.7 Å². The molecule has 0 saturated carbocycles. The van der Waals surface area contributed by atoms with Crippen molar-refractivity contribution < 1.29 is 18.7 Å². The maximum absolute atomic E-state index is 13.7. The predicted molar refractivity (Wildman–Crippen MR) is 74.7 cm³/mol. The Balaban J connectivity index is 2.19. The zero-order valence-corrected chi connectivity index (χ0v) is 12.8. The topological polar surface area (TPSA) is 46.6 Å². The largest absolute Gasteiger partial charge is 0.469 e. The SMILES string of the molecule is COC(=O)C1CN(C(=O)c2cc(Br)ccc2F)CC1C. The summed E-state index contributed by atoms with van der Waals surface area (Å²) in [6.45, 7) is 2.56. The van der Waals surface area contributed by atoms with Gasteiger partial charge in [0, 0.05) is 17.6 Å². The number of ether oxygens (including phenoxy) is 1. The van der Waals surface area contributed by atoms with Crippen LogP contribution in [0.1, 0.15) is 17.3 Å². The maximum atomic E-state index is 13.7. The molecule has 1 aromatic rings. The van der Waals surface area contributed by atoms with Gasteiger partial charge in [0.05, 0.1) is 18.6 Å². The van der Waals surface area contributed by atoms with Crippen LogP contribution < -0.4 is 0 Å². The molecular formula is C14H15BrFNO3. The van der Waals surface area contributed by atoms with Gasteiger partial charge < -0.3 is 9.64 Å². The average Bonchev–Trinajstić information content (AvgIpc) is 2.82. The fourth-order valence-corrected chi connectivity index (χ4v) is 2.78. The summed E-state index contributed by atoms with van der Waals surface area (Å²) in [5.41, 5.74) is 0.0112. The Labute approximate surface area is 125 Å². The van der Waals surface area contributed by atoms with E-state index in [0.29, 0.717) is 11.0 Å². The van der Waals surface area contributed by atoms with E-state index in [1.54, 1.807) is 0 Å². The summed E-state index contributed by atoms with van der Waals surface area (Å²) in [4.78, 5) is 25.4. The normalized spacial score (nSPS) is 21.9. The van der Waals surface area contributed by atoms with E-state index < -0.39 is 11.7 Å². The number of carbonyl (C=O) groups is 2. The highest BCUT2D eigenvalue weighted by Crippen LogP contribution is 2.26. The van der Waals surface area contributed by atoms with Crippen molar-refractivity contribution in [1.29, 1.82) is 0 Å². The molecule has 1 aromatic carbocycles. The van der Waals surface area contributed by atoms with Crippen LogP contribution >= 0.6 is 15.9 Å². The molecule has 0 aromatic heterocycles. The zero-order chi connectivity index (χ0) is 14.9. The van der Waals surface area contributed by atoms with Crippen molar-refractivity contribution in [2.75, 3.05) is 20.2 Å². The first-order chi connectivity index (χ1) is 9.43. The van der Waals surface area contributed by atoms with Crippen LogP contribution in [0.4, 0.5) is 4.39 Å². The number of benzene rings is 1. The lowest BCUT2D eigenvalue weighted by Gasteiger charge is -2.16. The van der Waals surface area contributed by atoms with E-state index in [0.717, 1.165) is 0 Å². The van der Waals surface area contributed by atoms with Gasteiger partial charge in [0.1, 0.15) is 5.82 Å². The van der Waals surface area contributed by atoms with E-state index in [9.17, 15) is 14.0 Å². The van der Waals surface area contributed by atoms with Crippen molar-refractivity contribution >= 4 is 27.8 Å². The Morgan fingerprint density at radius 1 is 1.40 bits per heavy atom. The molecule has 0 radical (unpaired) electrons. The number of hydrogen-bond donors (Lipinski definition) is 0. The average molecular weight is 344 g/mol. The second-order valence-corrected chi connectivity index (χ2v) is 5.86. The number of likely N-dealkylation sites (tertiary alicyclic amines) is 1. The number of hydrogen-bond acceptors (Lipinski definition) is 3. The monoisotopic (exact) mass is 343 g/mol. The molecule has 1 aliphatic heterocycles. The predicted octanol–water partition coefficient (Wildman–Crippen LogP) is 2.47. The minimum atomic E-state index is -0.563. The third kappa shape index (κ3) is 2.85. The summed E-state index contributed by atoms with van der Waals surface area (Å²) in [6.07, 6.45) is 0. The second-order valence-electron chi connectivity index (χ2n) is 4.94. The van der Waals surface area contributed by atoms with Crippen molar-refractivity contribution in [2.24, 2.45) is 11.8 Å². The summed E-state index contributed by atoms with van der Waals surface area (Å²) >= 11 is 3.22. The summed E-state index contributed by atoms with van der Waals surface area (Å²) in [6, 6.07) is 4.23. The van der Waals surface area contributed by atoms with Gasteiger partial charge in [-0.3, -0.25) is 9.59 Å². The highest BCUT2D eigenvalue weighted by molar-refractivity contribution is 9.10. The highest BCUT2D eigenvalue weighted by Gasteiger charge is 2.38. The third-order valence-electron chi connectivity index (χ3n) is 3.56. The van der Waals surface area contributed by atoms with Gasteiger partial charge in [-0.1, -0.05) is 22.9 Å². The number of carbonyl (C=O) groups excluding carboxylic acids is 2. The molecule has 1 aliphatic rings. The number of halogens is 2. The minimum absolute atomic E-state index is 0.00149. The summed E-state index contributed by atoms with van der Waals surface area (Å²) in [7, 11) is 1.33. The lowest BCUT2D eigenvalue weighted by atomic mass is 9.99. The second kappa shape index (κ2) is 5.91. The van der Waals surface area contributed by atoms with E-state index in [1.165, 1.54) is 30.2 Å². The van der Waals surface area contributed by atoms with Gasteiger partial charge in [-0.25, -0.2) is 4.39 Å². The number of amides is 1. The molecule has 1 amide bonds. The Morgan fingerprint density at radius 3 is 2.75 bits per heavy atom. The van der Waals surface area contributed by atoms with Gasteiger partial charge in [0.15, 0.2) is 0 Å². The first kappa shape index (κ1) is 15.0. The minimum Gasteiger partial charge on any atom is -0.469 e. The van der Waals surface area contributed by atoms with E-state index in [1.807, 2.05) is 6.92 Å². The molecular weight excluding hydrogens is 329 g/mol. The van der Waals surface area contributed by atoms with Crippen LogP contribution in [0.5, 0.6) is 0 Å². The molecule has 0 N–H and O–H groups in total. The number of methoxy groups -OCH3 is 1. The fourth-order valence-electron chi connectivity index (χ4n) is 2.42. The van der Waals surface area contributed by atoms with Gasteiger partial charge >= 0.3 is 5.97 Å². The first-order valence-corrected chi connectivity index (χ1v) is 7.05. The number of nitrogens with zero attached hydrogens (tertiary/aromatic N) is 1. The molecule has 0 spiro atoms. The lowest BCUT2D eigenvalue weighted by molar-refractivity contribution is -0.146. The Morgan fingerprint density at radius 2 is 2.10 bits per heavy atom. The van der Waals surface area contributed by atoms with Gasteiger partial charge in [-0.2, -0.15) is 0 Å². The smallest absolute Gasteiger partial charge is 0.310 e. The molecule has 2 unspecified atom stereocenters. The summed E-state index contributed by atoms with van der Waals surface area (Å²) < 4.78 is 19.1. The Kier molecular flexibility index (Phi) is 4.42. The van der Waals surface area contributed by atoms with E-state index in [4.69, 9.17) is 4.74 Å². The molecule has 2 atom stereocenters. The Bertz CT molecular complexity index is 549. The molecule has 0 bridgehead atoms. The molecule has 108 valence electrons. The third-order valence-corrected chi connectivity index (χ3v) is 4.06. The van der Waals surface area contributed by atoms with Crippen LogP contribution in [0.3, 0.4) is 0 Å². The van der Waals surface area contributed by atoms with Crippen LogP contribution in [0.2, 0.25) is 0 Å². The molecule has 1 fully saturated rings. The Hall–Kier alpha value is -1.43. The first-order valence-electron chi connectivity index (χ1n) is 6.26. The van der Waals surface area contributed by atoms with Crippen LogP contribution in [0, 0.1) is 17.7 Å². The standard InChI is InChI=1S/C14H15BrFNO3/c1-8-6-17(7-11(8)14(19)20-2)13(18)10-5-9(15)3-4-12(10)16/h3-5,8,11H,6-7H2,1-2H3. The van der Waals surface area contributed by atoms with Crippen molar-refractivity contribution in [3.05, 3.63) is 34.1 Å². The van der Waals surface area contributed by atoms with Gasteiger partial charge in [0.25, 0.3) is 5.91 Å². The highest BCUT2D eigenvalue weighted by atomic mass is 79.9. The van der Waals surface area contributed by atoms with Gasteiger partial charge in [0.2, 0.25) is 0 Å². The van der Waals surface area contributed by atoms with Crippen molar-refractivity contribution in [3.63, 3.8) is 0 Å². The van der Waals surface area contributed by atoms with Crippen molar-refractivity contribution in [3.8, 4) is 0 Å². The van der Waals surface area contributed by atoms with E-state index >= 15 is 0 Å². The molecule has 0 aliphatic carbocycles. The zero-order valence-electron chi connectivity index (χ0n) is 11.2. The molecule has 4 nitrogen and oxygen atoms in total. The molecule has 1 heterocycles. The van der Waals surface area contributed by atoms with Crippen molar-refractivity contribution in [1.82, 2.24) is 4.90 Å². The summed E-state index contributed by atoms with van der Waals surface area (Å²) in [5.74, 6) is -1.64. The summed E-state index contributed by atoms with van der Waals surface area (Å²) in [5, 5.41) is 0. The number of esters is 1. The molecule has 20 heavy (non-hydrogen) atoms. The molecule has 2 rings (SSSR count). The number of rotatable bonds is 2. The van der Waals surface area contributed by atoms with E-state index in [-0.39, 0.29) is 29.9 Å². The van der Waals surface area contributed by atoms with E-state index in [2.05, 4.69) is 15.9 Å². The molecule has 1 saturated heterocycles. The van der Waals surface area contributed by atoms with Crippen LogP contribution in [-0.2, 0) is 9.53 Å². The molecule has 6 heteroatoms. The fraction of sp³-hybridized carbons (Fsp3) is 0.429. The maximum Gasteiger partial charge on any atom is 0.310 e. The lowest BCUT2D eigenvalue weighted by Crippen LogP contribution is -2.30. The van der Waals surface area contributed by atoms with Gasteiger partial charge in [-0.05, 0) is 24.1 Å².